The molecule has 0 aliphatic carbocycles. The van der Waals surface area contributed by atoms with E-state index in [1.54, 1.807) is 0 Å². The predicted molar refractivity (Wildman–Crippen MR) is 63.5 cm³/mol. The van der Waals surface area contributed by atoms with Crippen LogP contribution in [0.5, 0.6) is 0 Å². The van der Waals surface area contributed by atoms with Gasteiger partial charge in [0, 0.05) is 5.41 Å². The Labute approximate surface area is 95.7 Å². The predicted octanol–water partition coefficient (Wildman–Crippen LogP) is 2.83. The van der Waals surface area contributed by atoms with Crippen LogP contribution in [0.25, 0.3) is 0 Å². The summed E-state index contributed by atoms with van der Waals surface area (Å²) in [7, 11) is 0. The maximum Gasteiger partial charge on any atom is 0.0979 e. The summed E-state index contributed by atoms with van der Waals surface area (Å²) in [5.41, 5.74) is 0.149. The van der Waals surface area contributed by atoms with Crippen molar-refractivity contribution in [2.24, 2.45) is 5.41 Å². The van der Waals surface area contributed by atoms with Gasteiger partial charge in [-0.25, -0.2) is 0 Å². The molecular formula is C7H14I2O2. The quantitative estimate of drug-likeness (QED) is 0.518. The molecular weight excluding hydrogens is 370 g/mol. The summed E-state index contributed by atoms with van der Waals surface area (Å²) in [6.45, 7) is 5.83. The minimum atomic E-state index is 0.149. The third-order valence-corrected chi connectivity index (χ3v) is 2.02. The zero-order valence-corrected chi connectivity index (χ0v) is 11.2. The smallest absolute Gasteiger partial charge is 0.0979 e. The SMILES string of the molecule is CC(C)(COCI)COCI. The van der Waals surface area contributed by atoms with Gasteiger partial charge in [-0.3, -0.25) is 0 Å². The van der Waals surface area contributed by atoms with Crippen molar-refractivity contribution < 1.29 is 9.47 Å². The molecule has 0 spiro atoms. The highest BCUT2D eigenvalue weighted by molar-refractivity contribution is 14.1. The first-order valence-electron chi connectivity index (χ1n) is 3.40. The lowest BCUT2D eigenvalue weighted by molar-refractivity contribution is 0.0294. The van der Waals surface area contributed by atoms with Crippen LogP contribution in [-0.4, -0.2) is 22.4 Å². The maximum absolute atomic E-state index is 5.30. The molecule has 11 heavy (non-hydrogen) atoms. The summed E-state index contributed by atoms with van der Waals surface area (Å²) in [6.07, 6.45) is 0. The van der Waals surface area contributed by atoms with Crippen molar-refractivity contribution in [1.82, 2.24) is 0 Å². The lowest BCUT2D eigenvalue weighted by Crippen LogP contribution is -2.25. The number of alkyl halides is 2. The van der Waals surface area contributed by atoms with Gasteiger partial charge in [0.15, 0.2) is 0 Å². The van der Waals surface area contributed by atoms with Gasteiger partial charge >= 0.3 is 0 Å². The van der Waals surface area contributed by atoms with Gasteiger partial charge in [0.05, 0.1) is 22.4 Å². The fourth-order valence-electron chi connectivity index (χ4n) is 0.671. The van der Waals surface area contributed by atoms with Crippen LogP contribution in [0.3, 0.4) is 0 Å². The van der Waals surface area contributed by atoms with Gasteiger partial charge < -0.3 is 9.47 Å². The molecule has 68 valence electrons. The zero-order chi connectivity index (χ0) is 8.74. The molecule has 0 atom stereocenters. The van der Waals surface area contributed by atoms with Crippen molar-refractivity contribution in [3.63, 3.8) is 0 Å². The second-order valence-corrected chi connectivity index (χ2v) is 4.32. The second-order valence-electron chi connectivity index (χ2n) is 3.08. The van der Waals surface area contributed by atoms with Crippen LogP contribution in [0.4, 0.5) is 0 Å². The van der Waals surface area contributed by atoms with E-state index in [0.29, 0.717) is 0 Å². The average Bonchev–Trinajstić information content (AvgIpc) is 1.97. The van der Waals surface area contributed by atoms with Crippen LogP contribution in [-0.2, 0) is 9.47 Å². The minimum absolute atomic E-state index is 0.149. The first-order valence-corrected chi connectivity index (χ1v) is 6.45. The molecule has 2 nitrogen and oxygen atoms in total. The molecule has 0 radical (unpaired) electrons. The number of halogens is 2. The summed E-state index contributed by atoms with van der Waals surface area (Å²) >= 11 is 4.40. The molecule has 0 amide bonds. The van der Waals surface area contributed by atoms with Gasteiger partial charge in [0.1, 0.15) is 0 Å². The van der Waals surface area contributed by atoms with E-state index in [1.807, 2.05) is 0 Å². The molecule has 0 heterocycles. The van der Waals surface area contributed by atoms with E-state index in [2.05, 4.69) is 59.0 Å². The molecule has 0 aromatic rings. The van der Waals surface area contributed by atoms with Gasteiger partial charge in [-0.15, -0.1) is 0 Å². The fourth-order valence-corrected chi connectivity index (χ4v) is 1.11. The summed E-state index contributed by atoms with van der Waals surface area (Å²) in [4.78, 5) is 0. The van der Waals surface area contributed by atoms with Crippen LogP contribution in [0.1, 0.15) is 13.8 Å². The molecule has 4 heteroatoms. The monoisotopic (exact) mass is 384 g/mol. The van der Waals surface area contributed by atoms with E-state index < -0.39 is 0 Å². The van der Waals surface area contributed by atoms with Crippen molar-refractivity contribution in [3.8, 4) is 0 Å². The summed E-state index contributed by atoms with van der Waals surface area (Å²) in [6, 6.07) is 0. The molecule has 0 aromatic carbocycles. The molecule has 0 aromatic heterocycles. The Bertz CT molecular complexity index is 86.4. The first kappa shape index (κ1) is 12.4. The van der Waals surface area contributed by atoms with Crippen LogP contribution in [0.2, 0.25) is 0 Å². The van der Waals surface area contributed by atoms with Crippen molar-refractivity contribution in [2.45, 2.75) is 13.8 Å². The highest BCUT2D eigenvalue weighted by Crippen LogP contribution is 2.16. The van der Waals surface area contributed by atoms with Crippen molar-refractivity contribution in [1.29, 1.82) is 0 Å². The summed E-state index contributed by atoms with van der Waals surface area (Å²) in [5.74, 6) is 0. The van der Waals surface area contributed by atoms with Crippen LogP contribution in [0.15, 0.2) is 0 Å². The van der Waals surface area contributed by atoms with E-state index in [1.165, 1.54) is 0 Å². The van der Waals surface area contributed by atoms with Gasteiger partial charge in [-0.2, -0.15) is 0 Å². The van der Waals surface area contributed by atoms with E-state index in [9.17, 15) is 0 Å². The van der Waals surface area contributed by atoms with Crippen LogP contribution >= 0.6 is 45.2 Å². The van der Waals surface area contributed by atoms with E-state index in [-0.39, 0.29) is 5.41 Å². The largest absolute Gasteiger partial charge is 0.370 e. The number of ether oxygens (including phenoxy) is 2. The molecule has 0 aliphatic heterocycles. The molecule has 0 aliphatic rings. The topological polar surface area (TPSA) is 18.5 Å². The van der Waals surface area contributed by atoms with Gasteiger partial charge in [0.25, 0.3) is 0 Å². The molecule has 0 fully saturated rings. The van der Waals surface area contributed by atoms with E-state index >= 15 is 0 Å². The molecule has 0 unspecified atom stereocenters. The Balaban J connectivity index is 3.43. The Kier molecular flexibility index (Phi) is 7.71. The highest BCUT2D eigenvalue weighted by Gasteiger charge is 2.17. The van der Waals surface area contributed by atoms with Crippen molar-refractivity contribution >= 4 is 45.2 Å². The third kappa shape index (κ3) is 7.73. The number of hydrogen-bond acceptors (Lipinski definition) is 2. The molecule has 0 bridgehead atoms. The number of hydrogen-bond donors (Lipinski definition) is 0. The normalized spacial score (nSPS) is 12.0. The highest BCUT2D eigenvalue weighted by atomic mass is 127. The Hall–Kier alpha value is 1.38. The average molecular weight is 384 g/mol. The first-order chi connectivity index (χ1) is 5.12. The molecule has 0 saturated carbocycles. The molecule has 0 rings (SSSR count). The zero-order valence-electron chi connectivity index (χ0n) is 6.90. The summed E-state index contributed by atoms with van der Waals surface area (Å²) < 4.78 is 12.1. The summed E-state index contributed by atoms with van der Waals surface area (Å²) in [5, 5.41) is 0. The third-order valence-electron chi connectivity index (χ3n) is 1.14. The Morgan fingerprint density at radius 2 is 1.36 bits per heavy atom. The fraction of sp³-hybridized carbons (Fsp3) is 1.00. The van der Waals surface area contributed by atoms with E-state index in [0.717, 1.165) is 22.4 Å². The standard InChI is InChI=1S/C7H14I2O2/c1-7(2,3-10-5-8)4-11-6-9/h3-6H2,1-2H3. The molecule has 0 N–H and O–H groups in total. The van der Waals surface area contributed by atoms with Crippen molar-refractivity contribution in [2.75, 3.05) is 22.4 Å². The van der Waals surface area contributed by atoms with Crippen LogP contribution in [0, 0.1) is 5.41 Å². The maximum atomic E-state index is 5.30. The van der Waals surface area contributed by atoms with Crippen molar-refractivity contribution in [3.05, 3.63) is 0 Å². The van der Waals surface area contributed by atoms with E-state index in [4.69, 9.17) is 9.47 Å². The lowest BCUT2D eigenvalue weighted by Gasteiger charge is -2.22. The van der Waals surface area contributed by atoms with Gasteiger partial charge in [-0.1, -0.05) is 59.0 Å². The Morgan fingerprint density at radius 3 is 1.64 bits per heavy atom. The lowest BCUT2D eigenvalue weighted by atomic mass is 9.96. The molecule has 0 saturated heterocycles. The minimum Gasteiger partial charge on any atom is -0.370 e. The van der Waals surface area contributed by atoms with Gasteiger partial charge in [-0.05, 0) is 0 Å². The second kappa shape index (κ2) is 6.85. The Morgan fingerprint density at radius 1 is 1.00 bits per heavy atom. The van der Waals surface area contributed by atoms with Gasteiger partial charge in [0.2, 0.25) is 0 Å². The van der Waals surface area contributed by atoms with Crippen LogP contribution < -0.4 is 0 Å². The number of rotatable bonds is 6.